The molecule has 1 aliphatic carbocycles. The molecule has 1 unspecified atom stereocenters. The van der Waals surface area contributed by atoms with E-state index in [9.17, 15) is 19.5 Å². The Labute approximate surface area is 215 Å². The normalized spacial score (nSPS) is 14.8. The SMILES string of the molecule is CC(OC(=O)Nc1cnoc1-c1ccc2c(c1)oc(=O)c1cc(C3(C(=O)O)CC3)ccc12)c1ccccc1. The van der Waals surface area contributed by atoms with Gasteiger partial charge in [0.2, 0.25) is 0 Å². The van der Waals surface area contributed by atoms with Gasteiger partial charge in [-0.1, -0.05) is 53.7 Å². The summed E-state index contributed by atoms with van der Waals surface area (Å²) < 4.78 is 16.5. The molecular weight excluding hydrogens is 488 g/mol. The summed E-state index contributed by atoms with van der Waals surface area (Å²) in [6, 6.07) is 19.7. The topological polar surface area (TPSA) is 132 Å². The van der Waals surface area contributed by atoms with Crippen LogP contribution in [0.1, 0.15) is 37.0 Å². The van der Waals surface area contributed by atoms with E-state index in [1.54, 1.807) is 43.3 Å². The number of amides is 1. The van der Waals surface area contributed by atoms with Crippen LogP contribution in [-0.2, 0) is 14.9 Å². The molecule has 2 aromatic heterocycles. The van der Waals surface area contributed by atoms with Crippen LogP contribution in [0.5, 0.6) is 0 Å². The maximum atomic E-state index is 12.9. The number of anilines is 1. The zero-order valence-corrected chi connectivity index (χ0v) is 20.3. The van der Waals surface area contributed by atoms with Crippen molar-refractivity contribution in [1.29, 1.82) is 0 Å². The molecule has 0 radical (unpaired) electrons. The van der Waals surface area contributed by atoms with Crippen LogP contribution < -0.4 is 10.9 Å². The summed E-state index contributed by atoms with van der Waals surface area (Å²) in [6.45, 7) is 1.77. The minimum absolute atomic E-state index is 0.270. The predicted octanol–water partition coefficient (Wildman–Crippen LogP) is 6.03. The number of carboxylic acid groups (broad SMARTS) is 1. The van der Waals surface area contributed by atoms with E-state index in [2.05, 4.69) is 10.5 Å². The maximum Gasteiger partial charge on any atom is 0.412 e. The molecule has 1 fully saturated rings. The molecule has 1 aliphatic rings. The highest BCUT2D eigenvalue weighted by atomic mass is 16.6. The lowest BCUT2D eigenvalue weighted by Crippen LogP contribution is -2.19. The first-order valence-corrected chi connectivity index (χ1v) is 12.1. The molecule has 2 heterocycles. The number of nitrogens with one attached hydrogen (secondary N) is 1. The van der Waals surface area contributed by atoms with Gasteiger partial charge in [0.15, 0.2) is 5.76 Å². The Morgan fingerprint density at radius 1 is 1.03 bits per heavy atom. The van der Waals surface area contributed by atoms with Crippen LogP contribution in [0.4, 0.5) is 10.5 Å². The van der Waals surface area contributed by atoms with Gasteiger partial charge < -0.3 is 18.8 Å². The van der Waals surface area contributed by atoms with Crippen LogP contribution in [-0.4, -0.2) is 22.3 Å². The van der Waals surface area contributed by atoms with Crippen LogP contribution in [0.15, 0.2) is 86.7 Å². The van der Waals surface area contributed by atoms with E-state index in [0.29, 0.717) is 51.4 Å². The third-order valence-electron chi connectivity index (χ3n) is 7.05. The first-order valence-electron chi connectivity index (χ1n) is 12.1. The van der Waals surface area contributed by atoms with Crippen LogP contribution in [0.2, 0.25) is 0 Å². The highest BCUT2D eigenvalue weighted by molar-refractivity contribution is 6.06. The molecule has 0 aliphatic heterocycles. The number of hydrogen-bond donors (Lipinski definition) is 2. The number of aromatic nitrogens is 1. The molecule has 9 heteroatoms. The third kappa shape index (κ3) is 3.98. The fourth-order valence-electron chi connectivity index (χ4n) is 4.75. The van der Waals surface area contributed by atoms with Gasteiger partial charge in [-0.25, -0.2) is 9.59 Å². The van der Waals surface area contributed by atoms with Gasteiger partial charge in [-0.2, -0.15) is 0 Å². The number of nitrogens with zero attached hydrogens (tertiary/aromatic N) is 1. The van der Waals surface area contributed by atoms with Crippen molar-refractivity contribution < 1.29 is 28.4 Å². The smallest absolute Gasteiger partial charge is 0.412 e. The molecule has 0 spiro atoms. The zero-order valence-electron chi connectivity index (χ0n) is 20.3. The van der Waals surface area contributed by atoms with Crippen LogP contribution in [0.25, 0.3) is 33.1 Å². The summed E-state index contributed by atoms with van der Waals surface area (Å²) >= 11 is 0. The lowest BCUT2D eigenvalue weighted by Gasteiger charge is -2.14. The lowest BCUT2D eigenvalue weighted by atomic mass is 9.93. The fourth-order valence-corrected chi connectivity index (χ4v) is 4.75. The molecule has 190 valence electrons. The van der Waals surface area contributed by atoms with E-state index in [4.69, 9.17) is 13.7 Å². The van der Waals surface area contributed by atoms with Crippen molar-refractivity contribution in [2.75, 3.05) is 5.32 Å². The van der Waals surface area contributed by atoms with Crippen molar-refractivity contribution in [2.45, 2.75) is 31.3 Å². The van der Waals surface area contributed by atoms with E-state index < -0.39 is 29.2 Å². The van der Waals surface area contributed by atoms with Gasteiger partial charge in [0, 0.05) is 10.9 Å². The number of benzene rings is 3. The molecule has 3 aromatic carbocycles. The second kappa shape index (κ2) is 8.88. The lowest BCUT2D eigenvalue weighted by molar-refractivity contribution is -0.140. The van der Waals surface area contributed by atoms with Crippen molar-refractivity contribution in [3.8, 4) is 11.3 Å². The number of fused-ring (bicyclic) bond motifs is 3. The quantitative estimate of drug-likeness (QED) is 0.209. The molecule has 6 rings (SSSR count). The first kappa shape index (κ1) is 23.5. The summed E-state index contributed by atoms with van der Waals surface area (Å²) in [5.74, 6) is -0.618. The number of hydrogen-bond acceptors (Lipinski definition) is 7. The average Bonchev–Trinajstić information content (AvgIpc) is 3.62. The van der Waals surface area contributed by atoms with E-state index in [-0.39, 0.29) is 5.76 Å². The summed E-state index contributed by atoms with van der Waals surface area (Å²) in [4.78, 5) is 37.1. The summed E-state index contributed by atoms with van der Waals surface area (Å²) in [5.41, 5.74) is 1.11. The second-order valence-corrected chi connectivity index (χ2v) is 9.40. The molecule has 2 N–H and O–H groups in total. The number of carbonyl (C=O) groups is 2. The Bertz CT molecular complexity index is 1770. The van der Waals surface area contributed by atoms with E-state index in [1.807, 2.05) is 30.3 Å². The summed E-state index contributed by atoms with van der Waals surface area (Å²) in [6.07, 6.45) is 1.32. The largest absolute Gasteiger partial charge is 0.481 e. The standard InChI is InChI=1S/C29H22N2O7/c1-16(17-5-3-2-4-6-17)36-28(35)31-23-15-30-38-25(23)18-7-9-21-20-10-8-19(29(11-12-29)27(33)34)14-22(20)26(32)37-24(21)13-18/h2-10,13-16H,11-12H2,1H3,(H,31,35)(H,33,34). The fraction of sp³-hybridized carbons (Fsp3) is 0.172. The highest BCUT2D eigenvalue weighted by Crippen LogP contribution is 2.49. The highest BCUT2D eigenvalue weighted by Gasteiger charge is 2.51. The van der Waals surface area contributed by atoms with Crippen LogP contribution in [0.3, 0.4) is 0 Å². The molecular formula is C29H22N2O7. The Hall–Kier alpha value is -4.92. The molecule has 38 heavy (non-hydrogen) atoms. The molecule has 1 amide bonds. The minimum Gasteiger partial charge on any atom is -0.481 e. The number of carboxylic acids is 1. The average molecular weight is 511 g/mol. The third-order valence-corrected chi connectivity index (χ3v) is 7.05. The Kier molecular flexibility index (Phi) is 5.48. The summed E-state index contributed by atoms with van der Waals surface area (Å²) in [7, 11) is 0. The second-order valence-electron chi connectivity index (χ2n) is 9.40. The van der Waals surface area contributed by atoms with Crippen molar-refractivity contribution in [3.63, 3.8) is 0 Å². The van der Waals surface area contributed by atoms with E-state index in [0.717, 1.165) is 5.56 Å². The molecule has 1 atom stereocenters. The predicted molar refractivity (Wildman–Crippen MR) is 139 cm³/mol. The zero-order chi connectivity index (χ0) is 26.4. The molecule has 0 bridgehead atoms. The summed E-state index contributed by atoms with van der Waals surface area (Å²) in [5, 5.41) is 17.7. The van der Waals surface area contributed by atoms with Gasteiger partial charge in [0.1, 0.15) is 17.4 Å². The number of ether oxygens (including phenoxy) is 1. The minimum atomic E-state index is -0.921. The molecule has 9 nitrogen and oxygen atoms in total. The molecule has 0 saturated heterocycles. The van der Waals surface area contributed by atoms with Crippen molar-refractivity contribution in [1.82, 2.24) is 5.16 Å². The van der Waals surface area contributed by atoms with Crippen molar-refractivity contribution in [2.24, 2.45) is 0 Å². The molecule has 1 saturated carbocycles. The van der Waals surface area contributed by atoms with Crippen LogP contribution >= 0.6 is 0 Å². The van der Waals surface area contributed by atoms with Gasteiger partial charge in [0.05, 0.1) is 17.0 Å². The van der Waals surface area contributed by atoms with Crippen molar-refractivity contribution in [3.05, 3.63) is 94.5 Å². The maximum absolute atomic E-state index is 12.9. The molecule has 5 aromatic rings. The number of aliphatic carboxylic acids is 1. The Morgan fingerprint density at radius 3 is 2.53 bits per heavy atom. The monoisotopic (exact) mass is 510 g/mol. The van der Waals surface area contributed by atoms with E-state index >= 15 is 0 Å². The van der Waals surface area contributed by atoms with Gasteiger partial charge in [0.25, 0.3) is 0 Å². The van der Waals surface area contributed by atoms with Gasteiger partial charge in [-0.15, -0.1) is 0 Å². The number of carbonyl (C=O) groups excluding carboxylic acids is 1. The van der Waals surface area contributed by atoms with Gasteiger partial charge in [-0.3, -0.25) is 10.1 Å². The van der Waals surface area contributed by atoms with E-state index in [1.165, 1.54) is 6.20 Å². The van der Waals surface area contributed by atoms with Crippen molar-refractivity contribution >= 4 is 39.5 Å². The Balaban J connectivity index is 1.30. The number of rotatable bonds is 6. The van der Waals surface area contributed by atoms with Gasteiger partial charge >= 0.3 is 17.7 Å². The van der Waals surface area contributed by atoms with Gasteiger partial charge in [-0.05, 0) is 54.5 Å². The first-order chi connectivity index (χ1) is 18.4. The Morgan fingerprint density at radius 2 is 1.79 bits per heavy atom. The van der Waals surface area contributed by atoms with Crippen LogP contribution in [0, 0.1) is 0 Å².